The van der Waals surface area contributed by atoms with Gasteiger partial charge in [-0.3, -0.25) is 5.41 Å². The zero-order valence-electron chi connectivity index (χ0n) is 19.9. The number of hydrogen-bond acceptors (Lipinski definition) is 7. The third-order valence-corrected chi connectivity index (χ3v) is 7.13. The molecule has 0 spiro atoms. The summed E-state index contributed by atoms with van der Waals surface area (Å²) < 4.78 is 5.10. The number of aromatic amines is 1. The Morgan fingerprint density at radius 2 is 1.94 bits per heavy atom. The van der Waals surface area contributed by atoms with Gasteiger partial charge in [0, 0.05) is 51.0 Å². The largest absolute Gasteiger partial charge is 0.510 e. The number of amidine groups is 1. The van der Waals surface area contributed by atoms with E-state index in [1.165, 1.54) is 0 Å². The van der Waals surface area contributed by atoms with Crippen LogP contribution in [0.4, 0.5) is 10.5 Å². The van der Waals surface area contributed by atoms with Gasteiger partial charge in [0.05, 0.1) is 29.8 Å². The number of likely N-dealkylation sites (tertiary alicyclic amines) is 1. The SMILES string of the molecule is CCOC(=O)N1CCC(N2CC(O)=C(c3nc4ccc(N5CCN(C)CC5)cc4[nH]3)C2=N)CC1. The van der Waals surface area contributed by atoms with E-state index in [0.29, 0.717) is 37.6 Å². The molecule has 182 valence electrons. The Morgan fingerprint density at radius 3 is 2.65 bits per heavy atom. The van der Waals surface area contributed by atoms with Crippen LogP contribution in [0.25, 0.3) is 16.6 Å². The molecule has 3 N–H and O–H groups in total. The predicted octanol–water partition coefficient (Wildman–Crippen LogP) is 2.50. The summed E-state index contributed by atoms with van der Waals surface area (Å²) in [5.74, 6) is 0.973. The molecule has 2 saturated heterocycles. The summed E-state index contributed by atoms with van der Waals surface area (Å²) >= 11 is 0. The zero-order valence-corrected chi connectivity index (χ0v) is 19.9. The molecule has 0 bridgehead atoms. The highest BCUT2D eigenvalue weighted by atomic mass is 16.6. The number of H-pyrrole nitrogens is 1. The van der Waals surface area contributed by atoms with E-state index in [2.05, 4.69) is 34.0 Å². The van der Waals surface area contributed by atoms with Crippen molar-refractivity contribution < 1.29 is 14.6 Å². The monoisotopic (exact) mass is 467 g/mol. The number of anilines is 1. The first-order valence-electron chi connectivity index (χ1n) is 12.1. The molecule has 34 heavy (non-hydrogen) atoms. The van der Waals surface area contributed by atoms with Crippen LogP contribution in [0.5, 0.6) is 0 Å². The van der Waals surface area contributed by atoms with E-state index in [-0.39, 0.29) is 23.7 Å². The lowest BCUT2D eigenvalue weighted by Crippen LogP contribution is -2.47. The zero-order chi connectivity index (χ0) is 23.8. The maximum Gasteiger partial charge on any atom is 0.409 e. The molecule has 0 unspecified atom stereocenters. The van der Waals surface area contributed by atoms with E-state index in [9.17, 15) is 9.90 Å². The fourth-order valence-corrected chi connectivity index (χ4v) is 5.11. The van der Waals surface area contributed by atoms with Gasteiger partial charge in [0.25, 0.3) is 0 Å². The lowest BCUT2D eigenvalue weighted by molar-refractivity contribution is 0.0876. The summed E-state index contributed by atoms with van der Waals surface area (Å²) in [7, 11) is 2.14. The van der Waals surface area contributed by atoms with E-state index in [4.69, 9.17) is 15.1 Å². The lowest BCUT2D eigenvalue weighted by Gasteiger charge is -2.37. The molecule has 1 aromatic carbocycles. The van der Waals surface area contributed by atoms with Crippen LogP contribution in [0, 0.1) is 5.41 Å². The third-order valence-electron chi connectivity index (χ3n) is 7.13. The average Bonchev–Trinajstić information content (AvgIpc) is 3.38. The smallest absolute Gasteiger partial charge is 0.409 e. The molecule has 2 aromatic rings. The van der Waals surface area contributed by atoms with Gasteiger partial charge in [-0.15, -0.1) is 0 Å². The van der Waals surface area contributed by atoms with Gasteiger partial charge in [-0.25, -0.2) is 9.78 Å². The van der Waals surface area contributed by atoms with Crippen molar-refractivity contribution in [3.63, 3.8) is 0 Å². The number of hydrogen-bond donors (Lipinski definition) is 3. The van der Waals surface area contributed by atoms with Gasteiger partial charge >= 0.3 is 6.09 Å². The van der Waals surface area contributed by atoms with Crippen LogP contribution in [0.1, 0.15) is 25.6 Å². The Balaban J connectivity index is 1.29. The second kappa shape index (κ2) is 9.17. The van der Waals surface area contributed by atoms with Gasteiger partial charge in [-0.2, -0.15) is 0 Å². The summed E-state index contributed by atoms with van der Waals surface area (Å²) in [6, 6.07) is 6.29. The third kappa shape index (κ3) is 4.18. The summed E-state index contributed by atoms with van der Waals surface area (Å²) in [6.07, 6.45) is 1.18. The first-order chi connectivity index (χ1) is 16.4. The maximum absolute atomic E-state index is 12.0. The minimum absolute atomic E-state index is 0.0889. The van der Waals surface area contributed by atoms with Crippen LogP contribution in [0.2, 0.25) is 0 Å². The number of amides is 1. The molecule has 3 aliphatic rings. The number of piperazine rings is 1. The molecule has 1 amide bonds. The Hall–Kier alpha value is -3.27. The molecule has 4 heterocycles. The van der Waals surface area contributed by atoms with Gasteiger partial charge in [0.15, 0.2) is 0 Å². The predicted molar refractivity (Wildman–Crippen MR) is 131 cm³/mol. The van der Waals surface area contributed by atoms with Gasteiger partial charge < -0.3 is 34.4 Å². The Morgan fingerprint density at radius 1 is 1.21 bits per heavy atom. The number of fused-ring (bicyclic) bond motifs is 1. The van der Waals surface area contributed by atoms with E-state index >= 15 is 0 Å². The maximum atomic E-state index is 12.0. The number of carbonyl (C=O) groups is 1. The quantitative estimate of drug-likeness (QED) is 0.633. The van der Waals surface area contributed by atoms with E-state index in [1.54, 1.807) is 11.8 Å². The van der Waals surface area contributed by atoms with Crippen LogP contribution < -0.4 is 4.90 Å². The normalized spacial score (nSPS) is 20.6. The molecule has 0 atom stereocenters. The van der Waals surface area contributed by atoms with E-state index in [0.717, 1.165) is 55.7 Å². The summed E-state index contributed by atoms with van der Waals surface area (Å²) in [5, 5.41) is 19.6. The highest BCUT2D eigenvalue weighted by Gasteiger charge is 2.36. The molecular formula is C24H33N7O3. The fourth-order valence-electron chi connectivity index (χ4n) is 5.11. The Labute approximate surface area is 199 Å². The number of nitrogens with one attached hydrogen (secondary N) is 2. The lowest BCUT2D eigenvalue weighted by atomic mass is 10.0. The molecule has 1 aromatic heterocycles. The highest BCUT2D eigenvalue weighted by molar-refractivity contribution is 6.23. The molecule has 10 heteroatoms. The van der Waals surface area contributed by atoms with Crippen molar-refractivity contribution in [3.8, 4) is 0 Å². The second-order valence-corrected chi connectivity index (χ2v) is 9.29. The van der Waals surface area contributed by atoms with Crippen LogP contribution in [0.15, 0.2) is 24.0 Å². The Kier molecular flexibility index (Phi) is 6.07. The van der Waals surface area contributed by atoms with Crippen LogP contribution in [-0.2, 0) is 4.74 Å². The van der Waals surface area contributed by atoms with E-state index < -0.39 is 0 Å². The first kappa shape index (κ1) is 22.5. The molecule has 2 fully saturated rings. The topological polar surface area (TPSA) is 112 Å². The molecule has 3 aliphatic heterocycles. The molecular weight excluding hydrogens is 434 g/mol. The number of nitrogens with zero attached hydrogens (tertiary/aromatic N) is 5. The molecule has 0 saturated carbocycles. The number of likely N-dealkylation sites (N-methyl/N-ethyl adjacent to an activating group) is 1. The standard InChI is InChI=1S/C24H33N7O3/c1-3-34-24(33)30-8-6-16(7-9-30)31-15-20(32)21(22(31)25)23-26-18-5-4-17(14-19(18)27-23)29-12-10-28(2)11-13-29/h4-5,14,16,25,32H,3,6-13,15H2,1-2H3,(H,26,27). The number of aromatic nitrogens is 2. The van der Waals surface area contributed by atoms with E-state index in [1.807, 2.05) is 11.0 Å². The van der Waals surface area contributed by atoms with Crippen LogP contribution in [-0.4, -0.2) is 107 Å². The first-order valence-corrected chi connectivity index (χ1v) is 12.1. The van der Waals surface area contributed by atoms with Crippen molar-refractivity contribution in [2.45, 2.75) is 25.8 Å². The van der Waals surface area contributed by atoms with Crippen molar-refractivity contribution in [2.75, 3.05) is 64.4 Å². The van der Waals surface area contributed by atoms with Gasteiger partial charge in [-0.1, -0.05) is 0 Å². The second-order valence-electron chi connectivity index (χ2n) is 9.29. The van der Waals surface area contributed by atoms with Crippen molar-refractivity contribution in [2.24, 2.45) is 0 Å². The number of benzene rings is 1. The van der Waals surface area contributed by atoms with Crippen molar-refractivity contribution in [1.82, 2.24) is 24.7 Å². The van der Waals surface area contributed by atoms with Crippen molar-refractivity contribution in [3.05, 3.63) is 29.8 Å². The molecule has 10 nitrogen and oxygen atoms in total. The van der Waals surface area contributed by atoms with Crippen molar-refractivity contribution >= 4 is 34.2 Å². The summed E-state index contributed by atoms with van der Waals surface area (Å²) in [5.41, 5.74) is 3.35. The highest BCUT2D eigenvalue weighted by Crippen LogP contribution is 2.32. The summed E-state index contributed by atoms with van der Waals surface area (Å²) in [6.45, 7) is 7.70. The molecule has 5 rings (SSSR count). The van der Waals surface area contributed by atoms with Crippen LogP contribution in [0.3, 0.4) is 0 Å². The molecule has 0 radical (unpaired) electrons. The van der Waals surface area contributed by atoms with Gasteiger partial charge in [0.2, 0.25) is 0 Å². The number of aliphatic hydroxyl groups excluding tert-OH is 1. The van der Waals surface area contributed by atoms with Crippen molar-refractivity contribution in [1.29, 1.82) is 5.41 Å². The molecule has 0 aliphatic carbocycles. The number of carbonyl (C=O) groups excluding carboxylic acids is 1. The van der Waals surface area contributed by atoms with Gasteiger partial charge in [0.1, 0.15) is 17.4 Å². The number of imidazole rings is 1. The number of piperidine rings is 1. The minimum Gasteiger partial charge on any atom is -0.510 e. The number of rotatable bonds is 4. The number of aliphatic hydroxyl groups is 1. The fraction of sp³-hybridized carbons (Fsp3) is 0.542. The minimum atomic E-state index is -0.280. The average molecular weight is 468 g/mol. The number of ether oxygens (including phenoxy) is 1. The Bertz CT molecular complexity index is 1110. The summed E-state index contributed by atoms with van der Waals surface area (Å²) in [4.78, 5) is 28.4. The van der Waals surface area contributed by atoms with Gasteiger partial charge in [-0.05, 0) is 45.0 Å². The van der Waals surface area contributed by atoms with Crippen LogP contribution >= 0.6 is 0 Å².